The number of nitrogens with one attached hydrogen (secondary N) is 1. The maximum atomic E-state index is 12.8. The third-order valence-electron chi connectivity index (χ3n) is 3.78. The molecule has 2 unspecified atom stereocenters. The zero-order valence-corrected chi connectivity index (χ0v) is 12.3. The van der Waals surface area contributed by atoms with Crippen LogP contribution in [0.4, 0.5) is 5.69 Å². The maximum absolute atomic E-state index is 12.8. The molecule has 0 radical (unpaired) electrons. The fourth-order valence-corrected chi connectivity index (χ4v) is 4.45. The molecule has 2 bridgehead atoms. The summed E-state index contributed by atoms with van der Waals surface area (Å²) in [7, 11) is -3.51. The first kappa shape index (κ1) is 13.8. The molecule has 0 aliphatic carbocycles. The van der Waals surface area contributed by atoms with Crippen molar-refractivity contribution in [1.29, 1.82) is 0 Å². The van der Waals surface area contributed by atoms with Crippen LogP contribution in [-0.4, -0.2) is 49.5 Å². The van der Waals surface area contributed by atoms with E-state index in [1.807, 2.05) is 6.92 Å². The van der Waals surface area contributed by atoms with E-state index in [1.54, 1.807) is 12.3 Å². The third kappa shape index (κ3) is 2.41. The fraction of sp³-hybridized carbons (Fsp3) is 0.615. The van der Waals surface area contributed by atoms with Crippen LogP contribution in [0.25, 0.3) is 0 Å². The lowest BCUT2D eigenvalue weighted by molar-refractivity contribution is -0.0114. The number of ether oxygens (including phenoxy) is 1. The van der Waals surface area contributed by atoms with Gasteiger partial charge in [-0.15, -0.1) is 0 Å². The van der Waals surface area contributed by atoms with E-state index in [2.05, 4.69) is 10.3 Å². The van der Waals surface area contributed by atoms with Crippen molar-refractivity contribution >= 4 is 15.7 Å². The highest BCUT2D eigenvalue weighted by molar-refractivity contribution is 7.89. The van der Waals surface area contributed by atoms with Gasteiger partial charge in [0.1, 0.15) is 4.90 Å². The average molecular weight is 297 g/mol. The van der Waals surface area contributed by atoms with Crippen LogP contribution >= 0.6 is 0 Å². The molecule has 2 aliphatic heterocycles. The Morgan fingerprint density at radius 1 is 1.40 bits per heavy atom. The van der Waals surface area contributed by atoms with E-state index in [1.165, 1.54) is 10.5 Å². The number of morpholine rings is 1. The number of pyridine rings is 1. The summed E-state index contributed by atoms with van der Waals surface area (Å²) < 4.78 is 32.8. The molecule has 6 nitrogen and oxygen atoms in total. The second-order valence-electron chi connectivity index (χ2n) is 5.18. The highest BCUT2D eigenvalue weighted by atomic mass is 32.2. The minimum atomic E-state index is -3.51. The van der Waals surface area contributed by atoms with Crippen LogP contribution in [0.1, 0.15) is 19.8 Å². The standard InChI is InChI=1S/C13H19N3O3S/c1-2-15-12-5-6-14-7-13(12)20(17,18)16-8-10-3-4-11(9-16)19-10/h5-7,10-11H,2-4,8-9H2,1H3,(H,14,15). The van der Waals surface area contributed by atoms with Crippen molar-refractivity contribution in [3.8, 4) is 0 Å². The van der Waals surface area contributed by atoms with Gasteiger partial charge in [0.15, 0.2) is 0 Å². The molecule has 3 heterocycles. The van der Waals surface area contributed by atoms with Gasteiger partial charge in [0.2, 0.25) is 10.0 Å². The molecule has 0 saturated carbocycles. The molecule has 2 aliphatic rings. The van der Waals surface area contributed by atoms with Crippen LogP contribution in [0.15, 0.2) is 23.4 Å². The van der Waals surface area contributed by atoms with Crippen LogP contribution < -0.4 is 5.32 Å². The van der Waals surface area contributed by atoms with Gasteiger partial charge in [0.05, 0.1) is 17.9 Å². The summed E-state index contributed by atoms with van der Waals surface area (Å²) in [4.78, 5) is 4.22. The number of aromatic nitrogens is 1. The number of hydrogen-bond acceptors (Lipinski definition) is 5. The quantitative estimate of drug-likeness (QED) is 0.900. The zero-order chi connectivity index (χ0) is 14.2. The summed E-state index contributed by atoms with van der Waals surface area (Å²) in [6, 6.07) is 1.70. The predicted octanol–water partition coefficient (Wildman–Crippen LogP) is 1.07. The smallest absolute Gasteiger partial charge is 0.246 e. The molecule has 110 valence electrons. The van der Waals surface area contributed by atoms with Gasteiger partial charge in [-0.3, -0.25) is 4.98 Å². The van der Waals surface area contributed by atoms with Gasteiger partial charge in [0, 0.05) is 32.0 Å². The number of sulfonamides is 1. The number of fused-ring (bicyclic) bond motifs is 2. The Hall–Kier alpha value is -1.18. The number of anilines is 1. The van der Waals surface area contributed by atoms with E-state index in [4.69, 9.17) is 4.74 Å². The summed E-state index contributed by atoms with van der Waals surface area (Å²) in [5.41, 5.74) is 0.612. The van der Waals surface area contributed by atoms with Crippen molar-refractivity contribution in [2.24, 2.45) is 0 Å². The van der Waals surface area contributed by atoms with E-state index in [0.717, 1.165) is 12.8 Å². The Morgan fingerprint density at radius 3 is 2.75 bits per heavy atom. The number of nitrogens with zero attached hydrogens (tertiary/aromatic N) is 2. The Balaban J connectivity index is 1.92. The highest BCUT2D eigenvalue weighted by Gasteiger charge is 2.40. The van der Waals surface area contributed by atoms with Crippen LogP contribution in [0.2, 0.25) is 0 Å². The molecule has 1 N–H and O–H groups in total. The maximum Gasteiger partial charge on any atom is 0.246 e. The van der Waals surface area contributed by atoms with Gasteiger partial charge in [-0.2, -0.15) is 4.31 Å². The Labute approximate surface area is 119 Å². The second kappa shape index (κ2) is 5.31. The largest absolute Gasteiger partial charge is 0.384 e. The monoisotopic (exact) mass is 297 g/mol. The van der Waals surface area contributed by atoms with E-state index in [-0.39, 0.29) is 17.1 Å². The molecular weight excluding hydrogens is 278 g/mol. The first-order chi connectivity index (χ1) is 9.61. The van der Waals surface area contributed by atoms with Gasteiger partial charge in [-0.05, 0) is 25.8 Å². The SMILES string of the molecule is CCNc1ccncc1S(=O)(=O)N1CC2CCC(C1)O2. The van der Waals surface area contributed by atoms with E-state index >= 15 is 0 Å². The number of hydrogen-bond donors (Lipinski definition) is 1. The summed E-state index contributed by atoms with van der Waals surface area (Å²) >= 11 is 0. The molecule has 20 heavy (non-hydrogen) atoms. The van der Waals surface area contributed by atoms with Gasteiger partial charge < -0.3 is 10.1 Å². The van der Waals surface area contributed by atoms with Gasteiger partial charge in [-0.25, -0.2) is 8.42 Å². The van der Waals surface area contributed by atoms with Crippen molar-refractivity contribution in [3.05, 3.63) is 18.5 Å². The summed E-state index contributed by atoms with van der Waals surface area (Å²) in [6.45, 7) is 3.49. The van der Waals surface area contributed by atoms with Crippen molar-refractivity contribution < 1.29 is 13.2 Å². The molecule has 1 aromatic rings. The van der Waals surface area contributed by atoms with Crippen LogP contribution in [-0.2, 0) is 14.8 Å². The lowest BCUT2D eigenvalue weighted by Crippen LogP contribution is -2.45. The third-order valence-corrected chi connectivity index (χ3v) is 5.64. The Kier molecular flexibility index (Phi) is 3.66. The fourth-order valence-electron chi connectivity index (χ4n) is 2.83. The lowest BCUT2D eigenvalue weighted by Gasteiger charge is -2.31. The molecule has 0 spiro atoms. The molecular formula is C13H19N3O3S. The van der Waals surface area contributed by atoms with E-state index in [9.17, 15) is 8.42 Å². The van der Waals surface area contributed by atoms with Crippen molar-refractivity contribution in [2.45, 2.75) is 36.9 Å². The minimum Gasteiger partial charge on any atom is -0.384 e. The van der Waals surface area contributed by atoms with Crippen LogP contribution in [0.3, 0.4) is 0 Å². The van der Waals surface area contributed by atoms with E-state index < -0.39 is 10.0 Å². The second-order valence-corrected chi connectivity index (χ2v) is 7.09. The summed E-state index contributed by atoms with van der Waals surface area (Å²) in [5.74, 6) is 0. The Bertz CT molecular complexity index is 578. The molecule has 0 amide bonds. The predicted molar refractivity (Wildman–Crippen MR) is 75.1 cm³/mol. The van der Waals surface area contributed by atoms with Gasteiger partial charge in [-0.1, -0.05) is 0 Å². The molecule has 7 heteroatoms. The van der Waals surface area contributed by atoms with Crippen LogP contribution in [0, 0.1) is 0 Å². The summed E-state index contributed by atoms with van der Waals surface area (Å²) in [5, 5.41) is 3.08. The molecule has 0 aromatic carbocycles. The van der Waals surface area contributed by atoms with E-state index in [0.29, 0.717) is 25.3 Å². The normalized spacial score (nSPS) is 26.6. The average Bonchev–Trinajstić information content (AvgIpc) is 2.78. The Morgan fingerprint density at radius 2 is 2.10 bits per heavy atom. The van der Waals surface area contributed by atoms with Gasteiger partial charge >= 0.3 is 0 Å². The molecule has 1 aromatic heterocycles. The van der Waals surface area contributed by atoms with Crippen molar-refractivity contribution in [1.82, 2.24) is 9.29 Å². The zero-order valence-electron chi connectivity index (χ0n) is 11.4. The first-order valence-corrected chi connectivity index (χ1v) is 8.38. The lowest BCUT2D eigenvalue weighted by atomic mass is 10.2. The topological polar surface area (TPSA) is 71.5 Å². The summed E-state index contributed by atoms with van der Waals surface area (Å²) in [6.07, 6.45) is 5.00. The molecule has 2 saturated heterocycles. The van der Waals surface area contributed by atoms with Gasteiger partial charge in [0.25, 0.3) is 0 Å². The molecule has 2 fully saturated rings. The first-order valence-electron chi connectivity index (χ1n) is 6.94. The minimum absolute atomic E-state index is 0.0442. The van der Waals surface area contributed by atoms with Crippen molar-refractivity contribution in [3.63, 3.8) is 0 Å². The van der Waals surface area contributed by atoms with Crippen molar-refractivity contribution in [2.75, 3.05) is 25.0 Å². The van der Waals surface area contributed by atoms with Crippen LogP contribution in [0.5, 0.6) is 0 Å². The number of rotatable bonds is 4. The molecule has 2 atom stereocenters. The highest BCUT2D eigenvalue weighted by Crippen LogP contribution is 2.31. The molecule has 3 rings (SSSR count).